The normalized spacial score (nSPS) is 21.1. The van der Waals surface area contributed by atoms with Crippen LogP contribution in [0.25, 0.3) is 0 Å². The third-order valence-corrected chi connectivity index (χ3v) is 6.20. The minimum absolute atomic E-state index is 0.149. The van der Waals surface area contributed by atoms with Gasteiger partial charge in [0.2, 0.25) is 10.0 Å². The average Bonchev–Trinajstić information content (AvgIpc) is 2.39. The highest BCUT2D eigenvalue weighted by Crippen LogP contribution is 2.27. The van der Waals surface area contributed by atoms with Crippen LogP contribution in [0.1, 0.15) is 12.5 Å². The zero-order valence-corrected chi connectivity index (χ0v) is 12.6. The number of nitrogens with two attached hydrogens (primary N) is 1. The summed E-state index contributed by atoms with van der Waals surface area (Å²) in [5, 5.41) is 0.149. The molecule has 0 bridgehead atoms. The second-order valence-electron chi connectivity index (χ2n) is 4.59. The maximum absolute atomic E-state index is 14.2. The van der Waals surface area contributed by atoms with Crippen LogP contribution in [-0.4, -0.2) is 36.8 Å². The molecule has 1 heterocycles. The van der Waals surface area contributed by atoms with E-state index in [1.54, 1.807) is 11.8 Å². The Labute approximate surface area is 121 Å². The van der Waals surface area contributed by atoms with Gasteiger partial charge in [0.05, 0.1) is 0 Å². The second-order valence-corrected chi connectivity index (χ2v) is 8.04. The van der Waals surface area contributed by atoms with Crippen molar-refractivity contribution in [2.45, 2.75) is 23.6 Å². The van der Waals surface area contributed by atoms with Crippen molar-refractivity contribution in [3.05, 3.63) is 29.3 Å². The maximum Gasteiger partial charge on any atom is 0.246 e. The predicted molar refractivity (Wildman–Crippen MR) is 74.9 cm³/mol. The maximum atomic E-state index is 14.2. The van der Waals surface area contributed by atoms with E-state index in [0.717, 1.165) is 12.1 Å². The van der Waals surface area contributed by atoms with Crippen LogP contribution in [0, 0.1) is 11.6 Å². The quantitative estimate of drug-likeness (QED) is 0.917. The number of hydrogen-bond donors (Lipinski definition) is 1. The van der Waals surface area contributed by atoms with Gasteiger partial charge in [-0.15, -0.1) is 0 Å². The molecule has 0 saturated carbocycles. The number of hydrogen-bond acceptors (Lipinski definition) is 4. The number of benzene rings is 1. The third kappa shape index (κ3) is 2.83. The summed E-state index contributed by atoms with van der Waals surface area (Å²) in [7, 11) is -3.95. The lowest BCUT2D eigenvalue weighted by atomic mass is 10.2. The highest BCUT2D eigenvalue weighted by atomic mass is 32.2. The highest BCUT2D eigenvalue weighted by Gasteiger charge is 2.32. The van der Waals surface area contributed by atoms with Gasteiger partial charge in [0, 0.05) is 36.2 Å². The van der Waals surface area contributed by atoms with Crippen molar-refractivity contribution in [3.63, 3.8) is 0 Å². The minimum atomic E-state index is -3.95. The number of thioether (sulfide) groups is 1. The molecule has 1 fully saturated rings. The zero-order valence-electron chi connectivity index (χ0n) is 11.0. The summed E-state index contributed by atoms with van der Waals surface area (Å²) in [5.74, 6) is -1.25. The summed E-state index contributed by atoms with van der Waals surface area (Å²) < 4.78 is 53.7. The van der Waals surface area contributed by atoms with Gasteiger partial charge in [0.1, 0.15) is 10.7 Å². The lowest BCUT2D eigenvalue weighted by Crippen LogP contribution is -2.41. The Balaban J connectivity index is 2.44. The third-order valence-electron chi connectivity index (χ3n) is 3.18. The van der Waals surface area contributed by atoms with E-state index in [2.05, 4.69) is 0 Å². The lowest BCUT2D eigenvalue weighted by molar-refractivity contribution is 0.418. The van der Waals surface area contributed by atoms with Gasteiger partial charge in [-0.05, 0) is 12.1 Å². The van der Waals surface area contributed by atoms with Crippen LogP contribution >= 0.6 is 11.8 Å². The van der Waals surface area contributed by atoms with E-state index in [1.807, 2.05) is 6.92 Å². The fraction of sp³-hybridized carbons (Fsp3) is 0.500. The summed E-state index contributed by atoms with van der Waals surface area (Å²) >= 11 is 1.67. The van der Waals surface area contributed by atoms with Gasteiger partial charge in [-0.1, -0.05) is 6.92 Å². The van der Waals surface area contributed by atoms with Gasteiger partial charge in [0.25, 0.3) is 0 Å². The Hall–Kier alpha value is -0.700. The van der Waals surface area contributed by atoms with Gasteiger partial charge >= 0.3 is 0 Å². The molecule has 1 aromatic carbocycles. The van der Waals surface area contributed by atoms with Crippen molar-refractivity contribution in [2.75, 3.05) is 18.8 Å². The molecule has 0 aliphatic carbocycles. The molecule has 0 amide bonds. The number of halogens is 2. The fourth-order valence-corrected chi connectivity index (χ4v) is 4.95. The van der Waals surface area contributed by atoms with Gasteiger partial charge < -0.3 is 5.73 Å². The topological polar surface area (TPSA) is 63.4 Å². The summed E-state index contributed by atoms with van der Waals surface area (Å²) in [5.41, 5.74) is 4.87. The Morgan fingerprint density at radius 1 is 1.45 bits per heavy atom. The van der Waals surface area contributed by atoms with Gasteiger partial charge in [-0.25, -0.2) is 17.2 Å². The van der Waals surface area contributed by atoms with E-state index in [9.17, 15) is 17.2 Å². The van der Waals surface area contributed by atoms with E-state index in [1.165, 1.54) is 4.31 Å². The van der Waals surface area contributed by atoms with Crippen LogP contribution < -0.4 is 5.73 Å². The molecule has 2 N–H and O–H groups in total. The van der Waals surface area contributed by atoms with Gasteiger partial charge in [0.15, 0.2) is 5.82 Å². The molecule has 1 unspecified atom stereocenters. The van der Waals surface area contributed by atoms with Crippen LogP contribution in [0.3, 0.4) is 0 Å². The summed E-state index contributed by atoms with van der Waals surface area (Å²) in [4.78, 5) is -0.501. The van der Waals surface area contributed by atoms with Crippen LogP contribution in [0.5, 0.6) is 0 Å². The van der Waals surface area contributed by atoms with Crippen LogP contribution in [-0.2, 0) is 16.6 Å². The van der Waals surface area contributed by atoms with Crippen molar-refractivity contribution in [1.29, 1.82) is 0 Å². The molecule has 0 spiro atoms. The van der Waals surface area contributed by atoms with Crippen LogP contribution in [0.2, 0.25) is 0 Å². The fourth-order valence-electron chi connectivity index (χ4n) is 2.11. The Kier molecular flexibility index (Phi) is 4.68. The van der Waals surface area contributed by atoms with Crippen molar-refractivity contribution in [3.8, 4) is 0 Å². The number of nitrogens with zero attached hydrogens (tertiary/aromatic N) is 1. The van der Waals surface area contributed by atoms with E-state index < -0.39 is 32.1 Å². The number of rotatable bonds is 3. The van der Waals surface area contributed by atoms with E-state index in [-0.39, 0.29) is 11.8 Å². The first kappa shape index (κ1) is 15.7. The standard InChI is InChI=1S/C12H16F2N2O2S2/c1-8-7-16(4-5-19-8)20(17,18)11-3-2-10(13)9(6-15)12(11)14/h2-3,8H,4-7,15H2,1H3. The van der Waals surface area contributed by atoms with Crippen molar-refractivity contribution >= 4 is 21.8 Å². The van der Waals surface area contributed by atoms with E-state index in [0.29, 0.717) is 18.8 Å². The molecule has 1 aromatic rings. The second kappa shape index (κ2) is 5.97. The zero-order chi connectivity index (χ0) is 14.9. The minimum Gasteiger partial charge on any atom is -0.326 e. The molecule has 1 aliphatic heterocycles. The molecule has 4 nitrogen and oxygen atoms in total. The smallest absolute Gasteiger partial charge is 0.246 e. The first-order valence-corrected chi connectivity index (χ1v) is 8.65. The average molecular weight is 322 g/mol. The van der Waals surface area contributed by atoms with E-state index in [4.69, 9.17) is 5.73 Å². The molecule has 0 aromatic heterocycles. The van der Waals surface area contributed by atoms with Gasteiger partial charge in [-0.3, -0.25) is 0 Å². The van der Waals surface area contributed by atoms with Crippen molar-refractivity contribution in [2.24, 2.45) is 5.73 Å². The van der Waals surface area contributed by atoms with Crippen LogP contribution in [0.15, 0.2) is 17.0 Å². The molecule has 2 rings (SSSR count). The van der Waals surface area contributed by atoms with Crippen molar-refractivity contribution < 1.29 is 17.2 Å². The molecule has 0 radical (unpaired) electrons. The highest BCUT2D eigenvalue weighted by molar-refractivity contribution is 8.00. The van der Waals surface area contributed by atoms with Crippen molar-refractivity contribution in [1.82, 2.24) is 4.31 Å². The first-order valence-electron chi connectivity index (χ1n) is 6.16. The molecular formula is C12H16F2N2O2S2. The summed E-state index contributed by atoms with van der Waals surface area (Å²) in [6.07, 6.45) is 0. The summed E-state index contributed by atoms with van der Waals surface area (Å²) in [6.45, 7) is 2.18. The Morgan fingerprint density at radius 2 is 2.15 bits per heavy atom. The van der Waals surface area contributed by atoms with E-state index >= 15 is 0 Å². The largest absolute Gasteiger partial charge is 0.326 e. The molecule has 1 atom stereocenters. The molecule has 112 valence electrons. The Morgan fingerprint density at radius 3 is 2.75 bits per heavy atom. The molecule has 8 heteroatoms. The first-order chi connectivity index (χ1) is 9.37. The Bertz CT molecular complexity index is 608. The number of sulfonamides is 1. The lowest BCUT2D eigenvalue weighted by Gasteiger charge is -2.29. The summed E-state index contributed by atoms with van der Waals surface area (Å²) in [6, 6.07) is 1.91. The van der Waals surface area contributed by atoms with Crippen LogP contribution in [0.4, 0.5) is 8.78 Å². The monoisotopic (exact) mass is 322 g/mol. The predicted octanol–water partition coefficient (Wildman–Crippen LogP) is 1.55. The molecular weight excluding hydrogens is 306 g/mol. The molecule has 1 aliphatic rings. The molecule has 20 heavy (non-hydrogen) atoms. The molecule has 1 saturated heterocycles. The van der Waals surface area contributed by atoms with Gasteiger partial charge in [-0.2, -0.15) is 16.1 Å². The SMILES string of the molecule is CC1CN(S(=O)(=O)c2ccc(F)c(CN)c2F)CCS1.